The minimum Gasteiger partial charge on any atom is -0.384 e. The molecule has 1 aromatic rings. The number of nitrogens with two attached hydrogens (primary N) is 1. The Bertz CT molecular complexity index is 628. The molecular weight excluding hydrogens is 290 g/mol. The maximum Gasteiger partial charge on any atom is 0.251 e. The molecule has 0 aliphatic carbocycles. The Morgan fingerprint density at radius 2 is 2.24 bits per heavy atom. The van der Waals surface area contributed by atoms with Crippen molar-refractivity contribution >= 4 is 21.6 Å². The van der Waals surface area contributed by atoms with Crippen LogP contribution in [0.5, 0.6) is 0 Å². The summed E-state index contributed by atoms with van der Waals surface area (Å²) < 4.78 is 22.8. The van der Waals surface area contributed by atoms with Gasteiger partial charge in [-0.15, -0.1) is 0 Å². The SMILES string of the molecule is CCCc1cc(C(=O)NCC2CCS(=O)(=O)C2)cc(N)n1. The van der Waals surface area contributed by atoms with E-state index in [-0.39, 0.29) is 23.3 Å². The second kappa shape index (κ2) is 6.43. The first kappa shape index (κ1) is 15.8. The van der Waals surface area contributed by atoms with Crippen LogP contribution in [0, 0.1) is 5.92 Å². The molecule has 1 aromatic heterocycles. The summed E-state index contributed by atoms with van der Waals surface area (Å²) >= 11 is 0. The maximum absolute atomic E-state index is 12.1. The average Bonchev–Trinajstić information content (AvgIpc) is 2.75. The van der Waals surface area contributed by atoms with Gasteiger partial charge in [0.05, 0.1) is 11.5 Å². The van der Waals surface area contributed by atoms with Crippen LogP contribution >= 0.6 is 0 Å². The van der Waals surface area contributed by atoms with Crippen LogP contribution in [0.3, 0.4) is 0 Å². The summed E-state index contributed by atoms with van der Waals surface area (Å²) in [5.74, 6) is 0.483. The molecule has 0 aromatic carbocycles. The zero-order valence-electron chi connectivity index (χ0n) is 12.1. The van der Waals surface area contributed by atoms with E-state index in [1.54, 1.807) is 12.1 Å². The molecule has 0 bridgehead atoms. The van der Waals surface area contributed by atoms with E-state index in [1.165, 1.54) is 0 Å². The number of anilines is 1. The number of hydrogen-bond donors (Lipinski definition) is 2. The molecule has 116 valence electrons. The molecule has 1 aliphatic heterocycles. The molecule has 0 spiro atoms. The zero-order valence-corrected chi connectivity index (χ0v) is 12.9. The summed E-state index contributed by atoms with van der Waals surface area (Å²) in [4.78, 5) is 16.3. The number of hydrogen-bond acceptors (Lipinski definition) is 5. The molecule has 2 rings (SSSR count). The predicted octanol–water partition coefficient (Wildman–Crippen LogP) is 0.781. The van der Waals surface area contributed by atoms with Gasteiger partial charge < -0.3 is 11.1 Å². The highest BCUT2D eigenvalue weighted by Gasteiger charge is 2.28. The Labute approximate surface area is 125 Å². The number of rotatable bonds is 5. The van der Waals surface area contributed by atoms with Gasteiger partial charge in [-0.05, 0) is 30.9 Å². The topological polar surface area (TPSA) is 102 Å². The molecule has 3 N–H and O–H groups in total. The van der Waals surface area contributed by atoms with E-state index in [4.69, 9.17) is 5.73 Å². The number of nitrogen functional groups attached to an aromatic ring is 1. The van der Waals surface area contributed by atoms with Gasteiger partial charge in [0.2, 0.25) is 0 Å². The van der Waals surface area contributed by atoms with Gasteiger partial charge in [0.1, 0.15) is 5.82 Å². The number of amides is 1. The van der Waals surface area contributed by atoms with Crippen molar-refractivity contribution in [1.82, 2.24) is 10.3 Å². The Morgan fingerprint density at radius 1 is 1.48 bits per heavy atom. The van der Waals surface area contributed by atoms with Crippen LogP contribution in [0.1, 0.15) is 35.8 Å². The van der Waals surface area contributed by atoms with Gasteiger partial charge in [0, 0.05) is 17.8 Å². The molecule has 1 aliphatic rings. The van der Waals surface area contributed by atoms with Gasteiger partial charge >= 0.3 is 0 Å². The van der Waals surface area contributed by atoms with Gasteiger partial charge in [0.25, 0.3) is 5.91 Å². The number of aryl methyl sites for hydroxylation is 1. The Balaban J connectivity index is 1.97. The van der Waals surface area contributed by atoms with Crippen LogP contribution in [-0.2, 0) is 16.3 Å². The molecule has 1 saturated heterocycles. The molecule has 1 fully saturated rings. The number of aromatic nitrogens is 1. The van der Waals surface area contributed by atoms with E-state index in [0.29, 0.717) is 24.3 Å². The summed E-state index contributed by atoms with van der Waals surface area (Å²) in [7, 11) is -2.91. The second-order valence-corrected chi connectivity index (χ2v) is 7.73. The highest BCUT2D eigenvalue weighted by Crippen LogP contribution is 2.17. The number of nitrogens with one attached hydrogen (secondary N) is 1. The van der Waals surface area contributed by atoms with Crippen LogP contribution in [0.15, 0.2) is 12.1 Å². The fourth-order valence-corrected chi connectivity index (χ4v) is 4.36. The van der Waals surface area contributed by atoms with Crippen LogP contribution in [0.25, 0.3) is 0 Å². The van der Waals surface area contributed by atoms with E-state index in [1.807, 2.05) is 6.92 Å². The van der Waals surface area contributed by atoms with Gasteiger partial charge in [-0.25, -0.2) is 13.4 Å². The number of carbonyl (C=O) groups is 1. The molecule has 0 saturated carbocycles. The van der Waals surface area contributed by atoms with Crippen molar-refractivity contribution in [2.24, 2.45) is 5.92 Å². The molecule has 2 heterocycles. The van der Waals surface area contributed by atoms with Crippen molar-refractivity contribution in [2.75, 3.05) is 23.8 Å². The largest absolute Gasteiger partial charge is 0.384 e. The molecule has 1 atom stereocenters. The predicted molar refractivity (Wildman–Crippen MR) is 81.7 cm³/mol. The Kier molecular flexibility index (Phi) is 4.82. The summed E-state index contributed by atoms with van der Waals surface area (Å²) in [6.45, 7) is 2.41. The van der Waals surface area contributed by atoms with E-state index >= 15 is 0 Å². The fraction of sp³-hybridized carbons (Fsp3) is 0.571. The lowest BCUT2D eigenvalue weighted by atomic mass is 10.1. The second-order valence-electron chi connectivity index (χ2n) is 5.50. The van der Waals surface area contributed by atoms with Crippen molar-refractivity contribution in [3.63, 3.8) is 0 Å². The van der Waals surface area contributed by atoms with Gasteiger partial charge in [0.15, 0.2) is 9.84 Å². The standard InChI is InChI=1S/C14H21N3O3S/c1-2-3-12-6-11(7-13(15)17-12)14(18)16-8-10-4-5-21(19,20)9-10/h6-7,10H,2-5,8-9H2,1H3,(H2,15,17)(H,16,18). The molecular formula is C14H21N3O3S. The van der Waals surface area contributed by atoms with E-state index in [9.17, 15) is 13.2 Å². The third kappa shape index (κ3) is 4.42. The maximum atomic E-state index is 12.1. The van der Waals surface area contributed by atoms with E-state index in [2.05, 4.69) is 10.3 Å². The van der Waals surface area contributed by atoms with Crippen LogP contribution in [0.4, 0.5) is 5.82 Å². The quantitative estimate of drug-likeness (QED) is 0.836. The third-order valence-electron chi connectivity index (χ3n) is 3.54. The highest BCUT2D eigenvalue weighted by atomic mass is 32.2. The third-order valence-corrected chi connectivity index (χ3v) is 5.38. The lowest BCUT2D eigenvalue weighted by Gasteiger charge is -2.10. The summed E-state index contributed by atoms with van der Waals surface area (Å²) in [5, 5.41) is 2.79. The molecule has 6 nitrogen and oxygen atoms in total. The first-order valence-electron chi connectivity index (χ1n) is 7.14. The molecule has 1 amide bonds. The summed E-state index contributed by atoms with van der Waals surface area (Å²) in [6, 6.07) is 3.28. The zero-order chi connectivity index (χ0) is 15.5. The van der Waals surface area contributed by atoms with Crippen molar-refractivity contribution in [2.45, 2.75) is 26.2 Å². The Hall–Kier alpha value is -1.63. The lowest BCUT2D eigenvalue weighted by molar-refractivity contribution is 0.0948. The number of carbonyl (C=O) groups excluding carboxylic acids is 1. The highest BCUT2D eigenvalue weighted by molar-refractivity contribution is 7.91. The van der Waals surface area contributed by atoms with Crippen molar-refractivity contribution in [1.29, 1.82) is 0 Å². The molecule has 7 heteroatoms. The van der Waals surface area contributed by atoms with Crippen LogP contribution in [-0.4, -0.2) is 37.4 Å². The van der Waals surface area contributed by atoms with Gasteiger partial charge in [-0.3, -0.25) is 4.79 Å². The van der Waals surface area contributed by atoms with E-state index in [0.717, 1.165) is 18.5 Å². The number of nitrogens with zero attached hydrogens (tertiary/aromatic N) is 1. The first-order valence-corrected chi connectivity index (χ1v) is 8.97. The van der Waals surface area contributed by atoms with Crippen molar-refractivity contribution < 1.29 is 13.2 Å². The summed E-state index contributed by atoms with van der Waals surface area (Å²) in [6.07, 6.45) is 2.31. The van der Waals surface area contributed by atoms with Crippen LogP contribution < -0.4 is 11.1 Å². The first-order chi connectivity index (χ1) is 9.89. The minimum atomic E-state index is -2.91. The van der Waals surface area contributed by atoms with Crippen molar-refractivity contribution in [3.8, 4) is 0 Å². The Morgan fingerprint density at radius 3 is 2.86 bits per heavy atom. The average molecular weight is 311 g/mol. The fourth-order valence-electron chi connectivity index (χ4n) is 2.50. The molecule has 21 heavy (non-hydrogen) atoms. The number of sulfone groups is 1. The van der Waals surface area contributed by atoms with Gasteiger partial charge in [-0.2, -0.15) is 0 Å². The normalized spacial score (nSPS) is 20.3. The lowest BCUT2D eigenvalue weighted by Crippen LogP contribution is -2.30. The van der Waals surface area contributed by atoms with Gasteiger partial charge in [-0.1, -0.05) is 13.3 Å². The molecule has 0 radical (unpaired) electrons. The van der Waals surface area contributed by atoms with Crippen LogP contribution in [0.2, 0.25) is 0 Å². The smallest absolute Gasteiger partial charge is 0.251 e. The molecule has 1 unspecified atom stereocenters. The van der Waals surface area contributed by atoms with Crippen molar-refractivity contribution in [3.05, 3.63) is 23.4 Å². The monoisotopic (exact) mass is 311 g/mol. The number of pyridine rings is 1. The summed E-state index contributed by atoms with van der Waals surface area (Å²) in [5.41, 5.74) is 6.99. The minimum absolute atomic E-state index is 0.00764. The van der Waals surface area contributed by atoms with E-state index < -0.39 is 9.84 Å².